The third-order valence-electron chi connectivity index (χ3n) is 11.5. The minimum absolute atomic E-state index is 0.249. The van der Waals surface area contributed by atoms with Crippen LogP contribution in [0.3, 0.4) is 0 Å². The number of para-hydroxylation sites is 2. The Kier molecular flexibility index (Phi) is 7.61. The van der Waals surface area contributed by atoms with Gasteiger partial charge in [0.25, 0.3) is 0 Å². The van der Waals surface area contributed by atoms with E-state index in [2.05, 4.69) is 139 Å². The van der Waals surface area contributed by atoms with Crippen LogP contribution in [0.1, 0.15) is 30.2 Å². The van der Waals surface area contributed by atoms with Crippen LogP contribution in [0.2, 0.25) is 0 Å². The minimum atomic E-state index is -0.249. The van der Waals surface area contributed by atoms with Gasteiger partial charge in [-0.15, -0.1) is 0 Å². The molecule has 11 rings (SSSR count). The second kappa shape index (κ2) is 13.1. The Morgan fingerprint density at radius 2 is 1.11 bits per heavy atom. The molecule has 1 unspecified atom stereocenters. The highest BCUT2D eigenvalue weighted by atomic mass is 16.3. The quantitative estimate of drug-likeness (QED) is 0.171. The fraction of sp³-hybridized carbons (Fsp3) is 0.0577. The van der Waals surface area contributed by atoms with Gasteiger partial charge in [0.2, 0.25) is 0 Å². The summed E-state index contributed by atoms with van der Waals surface area (Å²) >= 11 is 0. The van der Waals surface area contributed by atoms with Crippen molar-refractivity contribution in [1.29, 1.82) is 0 Å². The number of allylic oxidation sites excluding steroid dienone is 1. The first-order chi connectivity index (χ1) is 28.1. The van der Waals surface area contributed by atoms with Crippen LogP contribution in [-0.2, 0) is 5.41 Å². The molecular formula is C52H36N4O. The molecule has 10 aromatic rings. The molecular weight excluding hydrogens is 697 g/mol. The van der Waals surface area contributed by atoms with E-state index in [1.807, 2.05) is 60.7 Å². The highest BCUT2D eigenvalue weighted by Crippen LogP contribution is 2.47. The van der Waals surface area contributed by atoms with Gasteiger partial charge >= 0.3 is 0 Å². The van der Waals surface area contributed by atoms with E-state index in [1.165, 1.54) is 21.9 Å². The van der Waals surface area contributed by atoms with E-state index < -0.39 is 0 Å². The van der Waals surface area contributed by atoms with Crippen LogP contribution < -0.4 is 0 Å². The van der Waals surface area contributed by atoms with Gasteiger partial charge in [-0.1, -0.05) is 158 Å². The lowest BCUT2D eigenvalue weighted by atomic mass is 9.73. The third kappa shape index (κ3) is 5.42. The molecule has 3 aromatic heterocycles. The molecule has 0 radical (unpaired) electrons. The monoisotopic (exact) mass is 732 g/mol. The Morgan fingerprint density at radius 1 is 0.509 bits per heavy atom. The Labute approximate surface area is 330 Å². The number of hydrogen-bond acceptors (Lipinski definition) is 4. The summed E-state index contributed by atoms with van der Waals surface area (Å²) in [7, 11) is 0. The maximum Gasteiger partial charge on any atom is 0.164 e. The van der Waals surface area contributed by atoms with E-state index >= 15 is 0 Å². The lowest BCUT2D eigenvalue weighted by Gasteiger charge is -2.30. The van der Waals surface area contributed by atoms with E-state index in [0.29, 0.717) is 17.5 Å². The fourth-order valence-corrected chi connectivity index (χ4v) is 8.64. The van der Waals surface area contributed by atoms with E-state index in [9.17, 15) is 0 Å². The molecule has 0 spiro atoms. The molecule has 1 aliphatic carbocycles. The molecule has 270 valence electrons. The van der Waals surface area contributed by atoms with E-state index in [-0.39, 0.29) is 5.41 Å². The van der Waals surface area contributed by atoms with Crippen molar-refractivity contribution >= 4 is 38.9 Å². The predicted octanol–water partition coefficient (Wildman–Crippen LogP) is 13.1. The summed E-state index contributed by atoms with van der Waals surface area (Å²) in [5.41, 5.74) is 11.4. The largest absolute Gasteiger partial charge is 0.459 e. The zero-order chi connectivity index (χ0) is 37.9. The van der Waals surface area contributed by atoms with Crippen molar-refractivity contribution in [3.8, 4) is 51.0 Å². The summed E-state index contributed by atoms with van der Waals surface area (Å²) in [6.07, 6.45) is 5.42. The van der Waals surface area contributed by atoms with E-state index in [0.717, 1.165) is 67.7 Å². The molecule has 3 heterocycles. The van der Waals surface area contributed by atoms with Crippen molar-refractivity contribution in [2.45, 2.75) is 18.8 Å². The molecule has 0 aliphatic heterocycles. The van der Waals surface area contributed by atoms with E-state index in [4.69, 9.17) is 19.4 Å². The van der Waals surface area contributed by atoms with Crippen LogP contribution in [0.25, 0.3) is 89.8 Å². The number of furan rings is 1. The topological polar surface area (TPSA) is 56.7 Å². The second-order valence-corrected chi connectivity index (χ2v) is 15.0. The van der Waals surface area contributed by atoms with Crippen LogP contribution in [0.5, 0.6) is 0 Å². The van der Waals surface area contributed by atoms with Gasteiger partial charge in [0, 0.05) is 49.7 Å². The molecule has 0 saturated heterocycles. The van der Waals surface area contributed by atoms with Crippen LogP contribution >= 0.6 is 0 Å². The molecule has 0 N–H and O–H groups in total. The van der Waals surface area contributed by atoms with Gasteiger partial charge in [-0.05, 0) is 54.8 Å². The lowest BCUT2D eigenvalue weighted by molar-refractivity contribution is 0.426. The molecule has 0 fully saturated rings. The van der Waals surface area contributed by atoms with Crippen LogP contribution in [0.15, 0.2) is 186 Å². The summed E-state index contributed by atoms with van der Waals surface area (Å²) in [5, 5.41) is 3.50. The molecule has 0 saturated carbocycles. The smallest absolute Gasteiger partial charge is 0.164 e. The van der Waals surface area contributed by atoms with Crippen molar-refractivity contribution < 1.29 is 4.42 Å². The zero-order valence-corrected chi connectivity index (χ0v) is 31.3. The van der Waals surface area contributed by atoms with Crippen LogP contribution in [0.4, 0.5) is 0 Å². The summed E-state index contributed by atoms with van der Waals surface area (Å²) in [5.74, 6) is 2.94. The predicted molar refractivity (Wildman–Crippen MR) is 232 cm³/mol. The SMILES string of the molecule is CC1(c2ccccc2)CC=Cc2c1oc1c(-c3ccc4c(c3)c3ccccc3n4-c3cccc(-c4nc(-c5ccccc5)nc(-c5ccccc5)n4)c3)cccc21. The number of fused-ring (bicyclic) bond motifs is 6. The van der Waals surface area contributed by atoms with Gasteiger partial charge in [-0.2, -0.15) is 0 Å². The highest BCUT2D eigenvalue weighted by Gasteiger charge is 2.37. The molecule has 57 heavy (non-hydrogen) atoms. The normalized spacial score (nSPS) is 15.0. The maximum absolute atomic E-state index is 6.98. The average molecular weight is 733 g/mol. The summed E-state index contributed by atoms with van der Waals surface area (Å²) in [6, 6.07) is 61.4. The van der Waals surface area contributed by atoms with Gasteiger partial charge < -0.3 is 8.98 Å². The maximum atomic E-state index is 6.98. The third-order valence-corrected chi connectivity index (χ3v) is 11.5. The number of rotatable bonds is 6. The number of hydrogen-bond donors (Lipinski definition) is 0. The molecule has 1 atom stereocenters. The summed E-state index contributed by atoms with van der Waals surface area (Å²) in [6.45, 7) is 2.30. The Morgan fingerprint density at radius 3 is 1.84 bits per heavy atom. The van der Waals surface area contributed by atoms with E-state index in [1.54, 1.807) is 0 Å². The Bertz CT molecular complexity index is 3100. The van der Waals surface area contributed by atoms with Crippen molar-refractivity contribution in [1.82, 2.24) is 19.5 Å². The molecule has 0 amide bonds. The van der Waals surface area contributed by atoms with Crippen molar-refractivity contribution in [3.05, 3.63) is 199 Å². The van der Waals surface area contributed by atoms with Crippen molar-refractivity contribution in [2.24, 2.45) is 0 Å². The number of aromatic nitrogens is 4. The lowest BCUT2D eigenvalue weighted by Crippen LogP contribution is -2.24. The zero-order valence-electron chi connectivity index (χ0n) is 31.3. The average Bonchev–Trinajstić information content (AvgIpc) is 3.84. The summed E-state index contributed by atoms with van der Waals surface area (Å²) in [4.78, 5) is 15.0. The van der Waals surface area contributed by atoms with Crippen molar-refractivity contribution in [2.75, 3.05) is 0 Å². The summed E-state index contributed by atoms with van der Waals surface area (Å²) < 4.78 is 9.32. The van der Waals surface area contributed by atoms with Crippen molar-refractivity contribution in [3.63, 3.8) is 0 Å². The molecule has 5 heteroatoms. The van der Waals surface area contributed by atoms with Crippen LogP contribution in [0, 0.1) is 0 Å². The number of benzene rings is 7. The minimum Gasteiger partial charge on any atom is -0.459 e. The fourth-order valence-electron chi connectivity index (χ4n) is 8.64. The highest BCUT2D eigenvalue weighted by molar-refractivity contribution is 6.11. The molecule has 1 aliphatic rings. The first-order valence-electron chi connectivity index (χ1n) is 19.4. The van der Waals surface area contributed by atoms with Gasteiger partial charge in [-0.25, -0.2) is 15.0 Å². The number of nitrogens with zero attached hydrogens (tertiary/aromatic N) is 4. The van der Waals surface area contributed by atoms with Gasteiger partial charge in [0.05, 0.1) is 16.4 Å². The first-order valence-corrected chi connectivity index (χ1v) is 19.4. The standard InChI is InChI=1S/C52H36N4O/c1-52(38-21-9-4-10-22-38)31-15-27-43-42-26-14-25-40(47(42)57-48(43)52)36-29-30-46-44(33-36)41-24-11-12-28-45(41)56(46)39-23-13-20-37(32-39)51-54-49(34-16-5-2-6-17-34)53-50(55-51)35-18-7-3-8-19-35/h2-30,32-33H,31H2,1H3. The molecule has 7 aromatic carbocycles. The molecule has 5 nitrogen and oxygen atoms in total. The molecule has 0 bridgehead atoms. The Balaban J connectivity index is 1.05. The van der Waals surface area contributed by atoms with Gasteiger partial charge in [0.1, 0.15) is 11.3 Å². The van der Waals surface area contributed by atoms with Crippen LogP contribution in [-0.4, -0.2) is 19.5 Å². The first kappa shape index (κ1) is 33.0. The van der Waals surface area contributed by atoms with Gasteiger partial charge in [0.15, 0.2) is 17.5 Å². The second-order valence-electron chi connectivity index (χ2n) is 15.0. The Hall–Kier alpha value is -7.37. The van der Waals surface area contributed by atoms with Gasteiger partial charge in [-0.3, -0.25) is 0 Å².